The smallest absolute Gasteiger partial charge is 0.235 e. The zero-order valence-electron chi connectivity index (χ0n) is 28.6. The molecule has 11 aromatic rings. The largest absolute Gasteiger partial charge is 0.454 e. The van der Waals surface area contributed by atoms with E-state index in [1.54, 1.807) is 0 Å². The molecular weight excluding hydrogens is 649 g/mol. The van der Waals surface area contributed by atoms with E-state index in [0.717, 1.165) is 95.8 Å². The fourth-order valence-electron chi connectivity index (χ4n) is 8.80. The van der Waals surface area contributed by atoms with Gasteiger partial charge >= 0.3 is 0 Å². The highest BCUT2D eigenvalue weighted by Crippen LogP contribution is 2.45. The third kappa shape index (κ3) is 4.02. The zero-order valence-corrected chi connectivity index (χ0v) is 28.6. The molecule has 4 aromatic heterocycles. The molecule has 0 saturated heterocycles. The van der Waals surface area contributed by atoms with E-state index in [4.69, 9.17) is 14.4 Å². The molecule has 0 unspecified atom stereocenters. The molecule has 248 valence electrons. The van der Waals surface area contributed by atoms with Crippen molar-refractivity contribution in [2.75, 3.05) is 0 Å². The summed E-state index contributed by atoms with van der Waals surface area (Å²) in [5.74, 6) is 0.647. The Morgan fingerprint density at radius 2 is 1.23 bits per heavy atom. The molecule has 5 heteroatoms. The van der Waals surface area contributed by atoms with Gasteiger partial charge in [-0.3, -0.25) is 4.57 Å². The van der Waals surface area contributed by atoms with E-state index < -0.39 is 0 Å². The molecule has 0 N–H and O–H groups in total. The summed E-state index contributed by atoms with van der Waals surface area (Å²) in [6.07, 6.45) is 6.23. The van der Waals surface area contributed by atoms with Crippen LogP contribution in [0.4, 0.5) is 0 Å². The summed E-state index contributed by atoms with van der Waals surface area (Å²) in [5.41, 5.74) is 11.3. The van der Waals surface area contributed by atoms with Crippen molar-refractivity contribution in [2.24, 2.45) is 0 Å². The molecule has 0 bridgehead atoms. The van der Waals surface area contributed by atoms with Crippen molar-refractivity contribution in [1.82, 2.24) is 19.1 Å². The highest BCUT2D eigenvalue weighted by atomic mass is 16.3. The molecule has 0 atom stereocenters. The van der Waals surface area contributed by atoms with Crippen LogP contribution in [0.2, 0.25) is 0 Å². The molecule has 4 heterocycles. The topological polar surface area (TPSA) is 48.8 Å². The summed E-state index contributed by atoms with van der Waals surface area (Å²) < 4.78 is 11.6. The van der Waals surface area contributed by atoms with Crippen LogP contribution < -0.4 is 0 Å². The normalized spacial score (nSPS) is 13.1. The van der Waals surface area contributed by atoms with Gasteiger partial charge in [-0.15, -0.1) is 0 Å². The first-order valence-electron chi connectivity index (χ1n) is 18.2. The van der Waals surface area contributed by atoms with Gasteiger partial charge in [0, 0.05) is 49.1 Å². The van der Waals surface area contributed by atoms with Crippen molar-refractivity contribution in [3.8, 4) is 22.9 Å². The van der Waals surface area contributed by atoms with Crippen LogP contribution in [0, 0.1) is 0 Å². The average Bonchev–Trinajstić information content (AvgIpc) is 3.88. The van der Waals surface area contributed by atoms with Crippen LogP contribution >= 0.6 is 0 Å². The second-order valence-electron chi connectivity index (χ2n) is 14.1. The molecule has 0 saturated carbocycles. The quantitative estimate of drug-likeness (QED) is 0.187. The Balaban J connectivity index is 1.32. The number of allylic oxidation sites excluding steroid dienone is 1. The number of furan rings is 1. The Bertz CT molecular complexity index is 3340. The number of hydrogen-bond acceptors (Lipinski definition) is 3. The van der Waals surface area contributed by atoms with Crippen LogP contribution in [0.1, 0.15) is 17.7 Å². The van der Waals surface area contributed by atoms with E-state index in [2.05, 4.69) is 161 Å². The number of fused-ring (bicyclic) bond motifs is 13. The monoisotopic (exact) mass is 678 g/mol. The highest BCUT2D eigenvalue weighted by Gasteiger charge is 2.27. The predicted octanol–water partition coefficient (Wildman–Crippen LogP) is 12.3. The number of hydrogen-bond donors (Lipinski definition) is 0. The number of nitrogens with zero attached hydrogens (tertiary/aromatic N) is 4. The summed E-state index contributed by atoms with van der Waals surface area (Å²) in [4.78, 5) is 11.0. The Hall–Kier alpha value is -6.98. The Morgan fingerprint density at radius 3 is 2.11 bits per heavy atom. The van der Waals surface area contributed by atoms with Gasteiger partial charge in [-0.05, 0) is 53.9 Å². The van der Waals surface area contributed by atoms with Crippen LogP contribution in [0.5, 0.6) is 0 Å². The fraction of sp³-hybridized carbons (Fsp3) is 0.0417. The first kappa shape index (κ1) is 28.7. The summed E-state index contributed by atoms with van der Waals surface area (Å²) in [6, 6.07) is 52.0. The Labute approximate surface area is 303 Å². The molecule has 1 aliphatic carbocycles. The van der Waals surface area contributed by atoms with Crippen LogP contribution in [0.3, 0.4) is 0 Å². The maximum atomic E-state index is 6.82. The molecule has 53 heavy (non-hydrogen) atoms. The van der Waals surface area contributed by atoms with Gasteiger partial charge in [-0.1, -0.05) is 127 Å². The molecule has 5 nitrogen and oxygen atoms in total. The summed E-state index contributed by atoms with van der Waals surface area (Å²) >= 11 is 0. The molecule has 0 amide bonds. The van der Waals surface area contributed by atoms with Crippen LogP contribution in [0.15, 0.2) is 156 Å². The van der Waals surface area contributed by atoms with Gasteiger partial charge < -0.3 is 8.98 Å². The van der Waals surface area contributed by atoms with Crippen molar-refractivity contribution in [2.45, 2.75) is 12.8 Å². The predicted molar refractivity (Wildman–Crippen MR) is 218 cm³/mol. The lowest BCUT2D eigenvalue weighted by Gasteiger charge is -2.17. The maximum Gasteiger partial charge on any atom is 0.235 e. The third-order valence-electron chi connectivity index (χ3n) is 11.2. The second kappa shape index (κ2) is 10.8. The fourth-order valence-corrected chi connectivity index (χ4v) is 8.80. The number of rotatable bonds is 3. The Morgan fingerprint density at radius 1 is 0.528 bits per heavy atom. The molecule has 0 spiro atoms. The summed E-state index contributed by atoms with van der Waals surface area (Å²) in [5, 5.41) is 9.19. The van der Waals surface area contributed by atoms with E-state index in [1.165, 1.54) is 21.5 Å². The van der Waals surface area contributed by atoms with E-state index in [-0.39, 0.29) is 0 Å². The van der Waals surface area contributed by atoms with Crippen molar-refractivity contribution in [1.29, 1.82) is 0 Å². The van der Waals surface area contributed by atoms with E-state index in [1.807, 2.05) is 6.07 Å². The minimum absolute atomic E-state index is 0.647. The number of aromatic nitrogens is 4. The highest BCUT2D eigenvalue weighted by molar-refractivity contribution is 6.27. The molecule has 0 aliphatic heterocycles. The van der Waals surface area contributed by atoms with Crippen LogP contribution in [0.25, 0.3) is 105 Å². The lowest BCUT2D eigenvalue weighted by Crippen LogP contribution is -2.10. The molecule has 1 aliphatic rings. The minimum atomic E-state index is 0.647. The van der Waals surface area contributed by atoms with Gasteiger partial charge in [0.15, 0.2) is 5.58 Å². The zero-order chi connectivity index (χ0) is 34.6. The standard InChI is InChI=1S/C48H30N4O/c1-2-13-30(14-3-1)43-39-18-6-9-19-40(39)49-48(50-43)52-45-36(37-26-27-38-34-17-8-11-21-42(34)53-47(38)46(37)52)25-24-35-33-16-7-10-20-41(33)51(44(35)45)32-23-22-29-12-4-5-15-31(29)28-32/h1-8,10-18,20-28H,9,19H2. The molecular formula is C48H30N4O. The summed E-state index contributed by atoms with van der Waals surface area (Å²) in [7, 11) is 0. The number of para-hydroxylation sites is 2. The van der Waals surface area contributed by atoms with Crippen molar-refractivity contribution >= 4 is 82.4 Å². The van der Waals surface area contributed by atoms with Crippen molar-refractivity contribution in [3.05, 3.63) is 163 Å². The van der Waals surface area contributed by atoms with Crippen molar-refractivity contribution < 1.29 is 4.42 Å². The van der Waals surface area contributed by atoms with Gasteiger partial charge in [-0.2, -0.15) is 0 Å². The van der Waals surface area contributed by atoms with Gasteiger partial charge in [0.25, 0.3) is 0 Å². The lowest BCUT2D eigenvalue weighted by molar-refractivity contribution is 0.670. The van der Waals surface area contributed by atoms with Crippen LogP contribution in [-0.2, 0) is 6.42 Å². The lowest BCUT2D eigenvalue weighted by atomic mass is 9.98. The van der Waals surface area contributed by atoms with Gasteiger partial charge in [0.2, 0.25) is 5.95 Å². The van der Waals surface area contributed by atoms with E-state index in [9.17, 15) is 0 Å². The first-order chi connectivity index (χ1) is 26.3. The SMILES string of the molecule is C1=Cc2c(nc(-n3c4c(ccc5c6ccccc6oc54)c4ccc5c6ccccc6n(-c6ccc7ccccc7c6)c5c43)nc2-c2ccccc2)CC1. The van der Waals surface area contributed by atoms with Crippen molar-refractivity contribution in [3.63, 3.8) is 0 Å². The van der Waals surface area contributed by atoms with Gasteiger partial charge in [-0.25, -0.2) is 9.97 Å². The second-order valence-corrected chi connectivity index (χ2v) is 14.1. The van der Waals surface area contributed by atoms with Gasteiger partial charge in [0.1, 0.15) is 11.1 Å². The number of benzene rings is 7. The molecule has 0 radical (unpaired) electrons. The molecule has 0 fully saturated rings. The van der Waals surface area contributed by atoms with E-state index >= 15 is 0 Å². The Kier molecular flexibility index (Phi) is 5.83. The van der Waals surface area contributed by atoms with Gasteiger partial charge in [0.05, 0.1) is 27.9 Å². The third-order valence-corrected chi connectivity index (χ3v) is 11.2. The molecule has 12 rings (SSSR count). The average molecular weight is 679 g/mol. The first-order valence-corrected chi connectivity index (χ1v) is 18.2. The summed E-state index contributed by atoms with van der Waals surface area (Å²) in [6.45, 7) is 0. The molecule has 7 aromatic carbocycles. The number of aryl methyl sites for hydroxylation is 1. The van der Waals surface area contributed by atoms with E-state index in [0.29, 0.717) is 5.95 Å². The maximum absolute atomic E-state index is 6.82. The minimum Gasteiger partial charge on any atom is -0.454 e. The van der Waals surface area contributed by atoms with Crippen LogP contribution in [-0.4, -0.2) is 19.1 Å².